The number of hydrazone groups is 1. The Morgan fingerprint density at radius 2 is 1.80 bits per heavy atom. The molecule has 1 atom stereocenters. The van der Waals surface area contributed by atoms with Crippen LogP contribution in [-0.2, 0) is 14.8 Å². The van der Waals surface area contributed by atoms with Gasteiger partial charge in [0.25, 0.3) is 0 Å². The van der Waals surface area contributed by atoms with Gasteiger partial charge in [0.2, 0.25) is 15.9 Å². The zero-order valence-corrected chi connectivity index (χ0v) is 18.2. The molecule has 0 fully saturated rings. The highest BCUT2D eigenvalue weighted by Gasteiger charge is 2.32. The summed E-state index contributed by atoms with van der Waals surface area (Å²) >= 11 is 0. The molecule has 2 aromatic rings. The van der Waals surface area contributed by atoms with Crippen LogP contribution in [0.2, 0.25) is 0 Å². The Kier molecular flexibility index (Phi) is 6.31. The Morgan fingerprint density at radius 3 is 2.37 bits per heavy atom. The quantitative estimate of drug-likeness (QED) is 0.726. The second-order valence-electron chi connectivity index (χ2n) is 6.92. The van der Waals surface area contributed by atoms with Gasteiger partial charge in [0.1, 0.15) is 0 Å². The fourth-order valence-corrected chi connectivity index (χ4v) is 3.91. The van der Waals surface area contributed by atoms with Gasteiger partial charge in [-0.1, -0.05) is 25.1 Å². The van der Waals surface area contributed by atoms with E-state index in [1.165, 1.54) is 5.01 Å². The predicted molar refractivity (Wildman–Crippen MR) is 115 cm³/mol. The number of hydrogen-bond acceptors (Lipinski definition) is 6. The van der Waals surface area contributed by atoms with E-state index in [4.69, 9.17) is 9.47 Å². The number of nitrogens with zero attached hydrogens (tertiary/aromatic N) is 2. The molecule has 1 heterocycles. The van der Waals surface area contributed by atoms with E-state index in [1.54, 1.807) is 45.4 Å². The van der Waals surface area contributed by atoms with Crippen molar-refractivity contribution in [3.8, 4) is 11.5 Å². The Balaban J connectivity index is 1.91. The molecule has 1 N–H and O–H groups in total. The predicted octanol–water partition coefficient (Wildman–Crippen LogP) is 3.16. The number of rotatable bonds is 7. The molecule has 1 aliphatic rings. The first-order valence-corrected chi connectivity index (χ1v) is 11.3. The van der Waals surface area contributed by atoms with E-state index < -0.39 is 10.0 Å². The Labute approximate surface area is 176 Å². The largest absolute Gasteiger partial charge is 0.493 e. The molecule has 0 saturated carbocycles. The van der Waals surface area contributed by atoms with E-state index in [1.807, 2.05) is 18.2 Å². The summed E-state index contributed by atoms with van der Waals surface area (Å²) in [5.74, 6) is 1.12. The smallest absolute Gasteiger partial charge is 0.242 e. The number of amides is 1. The maximum absolute atomic E-state index is 12.5. The molecule has 9 heteroatoms. The van der Waals surface area contributed by atoms with Crippen molar-refractivity contribution in [2.45, 2.75) is 25.8 Å². The summed E-state index contributed by atoms with van der Waals surface area (Å²) in [4.78, 5) is 12.5. The highest BCUT2D eigenvalue weighted by atomic mass is 32.2. The highest BCUT2D eigenvalue weighted by Crippen LogP contribution is 2.37. The Bertz CT molecular complexity index is 1060. The Hall–Kier alpha value is -3.07. The number of hydrogen-bond donors (Lipinski definition) is 1. The molecule has 2 aromatic carbocycles. The van der Waals surface area contributed by atoms with Crippen LogP contribution in [0.25, 0.3) is 0 Å². The number of carbonyl (C=O) groups is 1. The number of ether oxygens (including phenoxy) is 2. The minimum atomic E-state index is -3.34. The summed E-state index contributed by atoms with van der Waals surface area (Å²) in [7, 11) is -0.203. The van der Waals surface area contributed by atoms with Crippen LogP contribution in [-0.4, -0.2) is 45.5 Å². The molecule has 3 rings (SSSR count). The standard InChI is InChI=1S/C21H25N3O5S/c1-5-21(25)24-18(15-8-11-19(28-2)20(12-15)29-3)13-17(22-24)14-6-9-16(10-7-14)23-30(4,26)27/h6-12,18,23H,5,13H2,1-4H3/t18-/m1/s1. The molecule has 1 amide bonds. The van der Waals surface area contributed by atoms with E-state index in [0.29, 0.717) is 30.0 Å². The number of sulfonamides is 1. The van der Waals surface area contributed by atoms with E-state index in [-0.39, 0.29) is 11.9 Å². The SMILES string of the molecule is CCC(=O)N1N=C(c2ccc(NS(C)(=O)=O)cc2)C[C@@H]1c1ccc(OC)c(OC)c1. The number of methoxy groups -OCH3 is 2. The van der Waals surface area contributed by atoms with Gasteiger partial charge in [-0.25, -0.2) is 13.4 Å². The molecule has 8 nitrogen and oxygen atoms in total. The second-order valence-corrected chi connectivity index (χ2v) is 8.67. The number of anilines is 1. The summed E-state index contributed by atoms with van der Waals surface area (Å²) in [6.45, 7) is 1.80. The van der Waals surface area contributed by atoms with Crippen LogP contribution in [0, 0.1) is 0 Å². The van der Waals surface area contributed by atoms with Gasteiger partial charge in [-0.05, 0) is 35.4 Å². The average Bonchev–Trinajstić information content (AvgIpc) is 3.17. The molecule has 0 aliphatic carbocycles. The van der Waals surface area contributed by atoms with Crippen LogP contribution in [0.3, 0.4) is 0 Å². The van der Waals surface area contributed by atoms with E-state index in [9.17, 15) is 13.2 Å². The lowest BCUT2D eigenvalue weighted by Gasteiger charge is -2.22. The van der Waals surface area contributed by atoms with E-state index in [2.05, 4.69) is 9.82 Å². The fourth-order valence-electron chi connectivity index (χ4n) is 3.34. The lowest BCUT2D eigenvalue weighted by atomic mass is 9.98. The first-order valence-electron chi connectivity index (χ1n) is 9.45. The van der Waals surface area contributed by atoms with Gasteiger partial charge in [-0.2, -0.15) is 5.10 Å². The van der Waals surface area contributed by atoms with Crippen LogP contribution in [0.5, 0.6) is 11.5 Å². The van der Waals surface area contributed by atoms with Crippen molar-refractivity contribution in [3.63, 3.8) is 0 Å². The number of benzene rings is 2. The normalized spacial score (nSPS) is 16.2. The molecule has 0 saturated heterocycles. The molecular weight excluding hydrogens is 406 g/mol. The van der Waals surface area contributed by atoms with Crippen LogP contribution >= 0.6 is 0 Å². The lowest BCUT2D eigenvalue weighted by molar-refractivity contribution is -0.132. The zero-order valence-electron chi connectivity index (χ0n) is 17.4. The van der Waals surface area contributed by atoms with Crippen LogP contribution in [0.4, 0.5) is 5.69 Å². The van der Waals surface area contributed by atoms with Crippen LogP contribution in [0.15, 0.2) is 47.6 Å². The average molecular weight is 432 g/mol. The summed E-state index contributed by atoms with van der Waals surface area (Å²) < 4.78 is 35.9. The third-order valence-electron chi connectivity index (χ3n) is 4.78. The number of nitrogens with one attached hydrogen (secondary N) is 1. The molecule has 0 spiro atoms. The zero-order chi connectivity index (χ0) is 21.9. The van der Waals surface area contributed by atoms with Gasteiger partial charge in [0.15, 0.2) is 11.5 Å². The van der Waals surface area contributed by atoms with Gasteiger partial charge in [0, 0.05) is 18.5 Å². The molecule has 1 aliphatic heterocycles. The third kappa shape index (κ3) is 4.73. The van der Waals surface area contributed by atoms with Gasteiger partial charge < -0.3 is 9.47 Å². The monoisotopic (exact) mass is 431 g/mol. The first kappa shape index (κ1) is 21.6. The van der Waals surface area contributed by atoms with Crippen molar-refractivity contribution in [3.05, 3.63) is 53.6 Å². The molecule has 0 unspecified atom stereocenters. The second kappa shape index (κ2) is 8.74. The maximum atomic E-state index is 12.5. The van der Waals surface area contributed by atoms with Gasteiger partial charge in [-0.15, -0.1) is 0 Å². The fraction of sp³-hybridized carbons (Fsp3) is 0.333. The van der Waals surface area contributed by atoms with Crippen molar-refractivity contribution < 1.29 is 22.7 Å². The minimum absolute atomic E-state index is 0.0832. The summed E-state index contributed by atoms with van der Waals surface area (Å²) in [5, 5.41) is 6.09. The van der Waals surface area contributed by atoms with Gasteiger partial charge >= 0.3 is 0 Å². The Morgan fingerprint density at radius 1 is 1.13 bits per heavy atom. The third-order valence-corrected chi connectivity index (χ3v) is 5.39. The maximum Gasteiger partial charge on any atom is 0.242 e. The first-order chi connectivity index (χ1) is 14.3. The lowest BCUT2D eigenvalue weighted by Crippen LogP contribution is -2.26. The summed E-state index contributed by atoms with van der Waals surface area (Å²) in [6, 6.07) is 12.2. The van der Waals surface area contributed by atoms with Crippen molar-refractivity contribution in [1.82, 2.24) is 5.01 Å². The molecule has 0 radical (unpaired) electrons. The molecule has 30 heavy (non-hydrogen) atoms. The van der Waals surface area contributed by atoms with E-state index >= 15 is 0 Å². The topological polar surface area (TPSA) is 97.3 Å². The molecule has 0 bridgehead atoms. The van der Waals surface area contributed by atoms with Gasteiger partial charge in [0.05, 0.1) is 32.2 Å². The highest BCUT2D eigenvalue weighted by molar-refractivity contribution is 7.92. The molecule has 0 aromatic heterocycles. The minimum Gasteiger partial charge on any atom is -0.493 e. The van der Waals surface area contributed by atoms with Crippen molar-refractivity contribution >= 4 is 27.3 Å². The van der Waals surface area contributed by atoms with Gasteiger partial charge in [-0.3, -0.25) is 9.52 Å². The molecular formula is C21H25N3O5S. The summed E-state index contributed by atoms with van der Waals surface area (Å²) in [6.07, 6.45) is 1.96. The van der Waals surface area contributed by atoms with Crippen LogP contribution in [0.1, 0.15) is 36.9 Å². The van der Waals surface area contributed by atoms with E-state index in [0.717, 1.165) is 23.1 Å². The van der Waals surface area contributed by atoms with Crippen molar-refractivity contribution in [1.29, 1.82) is 0 Å². The van der Waals surface area contributed by atoms with Crippen molar-refractivity contribution in [2.75, 3.05) is 25.2 Å². The summed E-state index contributed by atoms with van der Waals surface area (Å²) in [5.41, 5.74) is 2.94. The van der Waals surface area contributed by atoms with Crippen LogP contribution < -0.4 is 14.2 Å². The van der Waals surface area contributed by atoms with Crippen molar-refractivity contribution in [2.24, 2.45) is 5.10 Å². The number of carbonyl (C=O) groups excluding carboxylic acids is 1. The molecule has 160 valence electrons.